The number of halogens is 3. The van der Waals surface area contributed by atoms with E-state index >= 15 is 0 Å². The maximum absolute atomic E-state index is 12.3. The van der Waals surface area contributed by atoms with Gasteiger partial charge in [-0.2, -0.15) is 13.2 Å². The molecule has 0 saturated heterocycles. The first-order valence-corrected chi connectivity index (χ1v) is 4.79. The van der Waals surface area contributed by atoms with Gasteiger partial charge >= 0.3 is 6.18 Å². The fourth-order valence-corrected chi connectivity index (χ4v) is 1.29. The summed E-state index contributed by atoms with van der Waals surface area (Å²) in [5.74, 6) is 4.97. The average Bonchev–Trinajstić information content (AvgIpc) is 2.15. The number of pyridine rings is 1. The number of nitrogens with one attached hydrogen (secondary N) is 1. The van der Waals surface area contributed by atoms with E-state index in [0.717, 1.165) is 6.20 Å². The van der Waals surface area contributed by atoms with Crippen molar-refractivity contribution in [3.63, 3.8) is 0 Å². The predicted molar refractivity (Wildman–Crippen MR) is 48.8 cm³/mol. The highest BCUT2D eigenvalue weighted by molar-refractivity contribution is 7.98. The van der Waals surface area contributed by atoms with Crippen LogP contribution in [-0.4, -0.2) is 11.2 Å². The molecule has 0 aromatic carbocycles. The zero-order valence-corrected chi connectivity index (χ0v) is 8.04. The Balaban J connectivity index is 3.18. The zero-order valence-electron chi connectivity index (χ0n) is 7.22. The van der Waals surface area contributed by atoms with E-state index in [9.17, 15) is 13.2 Å². The van der Waals surface area contributed by atoms with Gasteiger partial charge in [-0.05, 0) is 12.3 Å². The molecule has 0 aliphatic carbocycles. The van der Waals surface area contributed by atoms with Crippen molar-refractivity contribution in [2.75, 3.05) is 11.7 Å². The van der Waals surface area contributed by atoms with Crippen molar-refractivity contribution >= 4 is 17.4 Å². The molecule has 0 atom stereocenters. The molecule has 1 aromatic heterocycles. The molecular formula is C7H8F3N3S. The molecule has 0 saturated carbocycles. The predicted octanol–water partition coefficient (Wildman–Crippen LogP) is 2.11. The summed E-state index contributed by atoms with van der Waals surface area (Å²) < 4.78 is 36.9. The van der Waals surface area contributed by atoms with Gasteiger partial charge in [0.25, 0.3) is 0 Å². The molecule has 0 bridgehead atoms. The van der Waals surface area contributed by atoms with Crippen molar-refractivity contribution in [2.24, 2.45) is 5.84 Å². The van der Waals surface area contributed by atoms with Gasteiger partial charge in [0.1, 0.15) is 0 Å². The molecule has 0 aliphatic rings. The van der Waals surface area contributed by atoms with Gasteiger partial charge in [-0.25, -0.2) is 4.98 Å². The normalized spacial score (nSPS) is 11.5. The van der Waals surface area contributed by atoms with Crippen LogP contribution in [0.15, 0.2) is 17.2 Å². The Labute approximate surface area is 82.9 Å². The molecule has 0 fully saturated rings. The molecule has 0 radical (unpaired) electrons. The second-order valence-corrected chi connectivity index (χ2v) is 3.29. The molecule has 1 heterocycles. The minimum atomic E-state index is -4.49. The summed E-state index contributed by atoms with van der Waals surface area (Å²) in [6, 6.07) is 1.31. The van der Waals surface area contributed by atoms with Crippen LogP contribution in [0.25, 0.3) is 0 Å². The topological polar surface area (TPSA) is 50.9 Å². The quantitative estimate of drug-likeness (QED) is 0.458. The molecule has 78 valence electrons. The van der Waals surface area contributed by atoms with Crippen molar-refractivity contribution in [1.29, 1.82) is 0 Å². The van der Waals surface area contributed by atoms with Crippen LogP contribution in [0.4, 0.5) is 18.9 Å². The molecule has 14 heavy (non-hydrogen) atoms. The van der Waals surface area contributed by atoms with Gasteiger partial charge in [-0.1, -0.05) is 0 Å². The van der Waals surface area contributed by atoms with E-state index in [-0.39, 0.29) is 5.69 Å². The van der Waals surface area contributed by atoms with Crippen LogP contribution in [0.5, 0.6) is 0 Å². The number of anilines is 1. The summed E-state index contributed by atoms with van der Waals surface area (Å²) in [5, 5.41) is 0. The number of alkyl halides is 3. The van der Waals surface area contributed by atoms with Crippen LogP contribution >= 0.6 is 11.8 Å². The molecule has 0 unspecified atom stereocenters. The maximum Gasteiger partial charge on any atom is 0.435 e. The van der Waals surface area contributed by atoms with Crippen LogP contribution in [0.1, 0.15) is 5.69 Å². The van der Waals surface area contributed by atoms with Crippen molar-refractivity contribution in [3.05, 3.63) is 18.0 Å². The lowest BCUT2D eigenvalue weighted by Gasteiger charge is -2.11. The van der Waals surface area contributed by atoms with Crippen molar-refractivity contribution in [1.82, 2.24) is 4.98 Å². The minimum absolute atomic E-state index is 0.218. The lowest BCUT2D eigenvalue weighted by atomic mass is 10.3. The number of rotatable bonds is 2. The van der Waals surface area contributed by atoms with E-state index in [4.69, 9.17) is 5.84 Å². The molecule has 1 rings (SSSR count). The van der Waals surface area contributed by atoms with Gasteiger partial charge < -0.3 is 5.43 Å². The second kappa shape index (κ2) is 4.05. The molecule has 0 spiro atoms. The first kappa shape index (κ1) is 11.1. The minimum Gasteiger partial charge on any atom is -0.322 e. The largest absolute Gasteiger partial charge is 0.435 e. The molecule has 1 aromatic rings. The number of hydrogen-bond acceptors (Lipinski definition) is 4. The third-order valence-corrected chi connectivity index (χ3v) is 2.22. The lowest BCUT2D eigenvalue weighted by Crippen LogP contribution is -2.16. The Kier molecular flexibility index (Phi) is 3.22. The summed E-state index contributed by atoms with van der Waals surface area (Å²) >= 11 is 1.29. The van der Waals surface area contributed by atoms with Crippen LogP contribution in [-0.2, 0) is 6.18 Å². The number of aromatic nitrogens is 1. The number of nitrogen functional groups attached to an aromatic ring is 1. The summed E-state index contributed by atoms with van der Waals surface area (Å²) in [5.41, 5.74) is 0.761. The van der Waals surface area contributed by atoms with E-state index in [1.165, 1.54) is 17.8 Å². The molecule has 0 aliphatic heterocycles. The van der Waals surface area contributed by atoms with Crippen LogP contribution in [0.2, 0.25) is 0 Å². The van der Waals surface area contributed by atoms with Crippen LogP contribution in [0, 0.1) is 0 Å². The molecular weight excluding hydrogens is 215 g/mol. The molecule has 0 amide bonds. The van der Waals surface area contributed by atoms with E-state index in [1.807, 2.05) is 5.43 Å². The van der Waals surface area contributed by atoms with Crippen LogP contribution in [0.3, 0.4) is 0 Å². The van der Waals surface area contributed by atoms with Gasteiger partial charge in [-0.15, -0.1) is 11.8 Å². The number of nitrogens with two attached hydrogens (primary N) is 1. The lowest BCUT2D eigenvalue weighted by molar-refractivity contribution is -0.140. The highest BCUT2D eigenvalue weighted by Gasteiger charge is 2.35. The summed E-state index contributed by atoms with van der Waals surface area (Å²) in [4.78, 5) is 3.92. The SMILES string of the molecule is CSc1cnc(C(F)(F)F)c(NN)c1. The second-order valence-electron chi connectivity index (χ2n) is 2.41. The average molecular weight is 223 g/mol. The van der Waals surface area contributed by atoms with Crippen LogP contribution < -0.4 is 11.3 Å². The standard InChI is InChI=1S/C7H8F3N3S/c1-14-4-2-5(13-11)6(12-3-4)7(8,9)10/h2-3,13H,11H2,1H3. The fourth-order valence-electron chi connectivity index (χ4n) is 0.893. The number of nitrogens with zero attached hydrogens (tertiary/aromatic N) is 1. The zero-order chi connectivity index (χ0) is 10.8. The maximum atomic E-state index is 12.3. The first-order valence-electron chi connectivity index (χ1n) is 3.57. The molecule has 3 nitrogen and oxygen atoms in total. The van der Waals surface area contributed by atoms with Crippen molar-refractivity contribution < 1.29 is 13.2 Å². The summed E-state index contributed by atoms with van der Waals surface area (Å²) in [6.07, 6.45) is -1.59. The highest BCUT2D eigenvalue weighted by Crippen LogP contribution is 2.34. The third-order valence-electron chi connectivity index (χ3n) is 1.52. The van der Waals surface area contributed by atoms with E-state index in [0.29, 0.717) is 4.90 Å². The Morgan fingerprint density at radius 2 is 2.14 bits per heavy atom. The van der Waals surface area contributed by atoms with Gasteiger partial charge in [0, 0.05) is 11.1 Å². The Morgan fingerprint density at radius 1 is 1.50 bits per heavy atom. The number of hydrogen-bond donors (Lipinski definition) is 2. The van der Waals surface area contributed by atoms with Crippen molar-refractivity contribution in [3.8, 4) is 0 Å². The van der Waals surface area contributed by atoms with Gasteiger partial charge in [0.05, 0.1) is 5.69 Å². The monoisotopic (exact) mass is 223 g/mol. The van der Waals surface area contributed by atoms with E-state index in [1.54, 1.807) is 6.26 Å². The van der Waals surface area contributed by atoms with E-state index < -0.39 is 11.9 Å². The smallest absolute Gasteiger partial charge is 0.322 e. The van der Waals surface area contributed by atoms with Gasteiger partial charge in [-0.3, -0.25) is 5.84 Å². The number of thioether (sulfide) groups is 1. The fraction of sp³-hybridized carbons (Fsp3) is 0.286. The van der Waals surface area contributed by atoms with Gasteiger partial charge in [0.15, 0.2) is 5.69 Å². The summed E-state index contributed by atoms with van der Waals surface area (Å²) in [7, 11) is 0. The Bertz CT molecular complexity index is 326. The third kappa shape index (κ3) is 2.30. The van der Waals surface area contributed by atoms with Gasteiger partial charge in [0.2, 0.25) is 0 Å². The first-order chi connectivity index (χ1) is 6.49. The van der Waals surface area contributed by atoms with E-state index in [2.05, 4.69) is 4.98 Å². The summed E-state index contributed by atoms with van der Waals surface area (Å²) in [6.45, 7) is 0. The Hall–Kier alpha value is -0.950. The number of hydrazine groups is 1. The highest BCUT2D eigenvalue weighted by atomic mass is 32.2. The Morgan fingerprint density at radius 3 is 2.57 bits per heavy atom. The molecule has 3 N–H and O–H groups in total. The van der Waals surface area contributed by atoms with Crippen molar-refractivity contribution in [2.45, 2.75) is 11.1 Å². The molecule has 7 heteroatoms.